The molecular formula is C24H29NO5. The summed E-state index contributed by atoms with van der Waals surface area (Å²) < 4.78 is 21.9. The van der Waals surface area contributed by atoms with Crippen LogP contribution >= 0.6 is 0 Å². The SMILES string of the molecule is COc1cc(C=CC(=O)N(Cc2ccccc2)CC2CCCO2)cc(OC)c1OC. The first-order valence-corrected chi connectivity index (χ1v) is 10.1. The normalized spacial score (nSPS) is 15.9. The molecule has 1 fully saturated rings. The fourth-order valence-electron chi connectivity index (χ4n) is 3.54. The standard InChI is InChI=1S/C24H29NO5/c1-27-21-14-19(15-22(28-2)24(21)29-3)11-12-23(26)25(17-20-10-7-13-30-20)16-18-8-5-4-6-9-18/h4-6,8-9,11-12,14-15,20H,7,10,13,16-17H2,1-3H3. The van der Waals surface area contributed by atoms with Gasteiger partial charge in [0.2, 0.25) is 11.7 Å². The van der Waals surface area contributed by atoms with Gasteiger partial charge in [-0.25, -0.2) is 0 Å². The topological polar surface area (TPSA) is 57.2 Å². The van der Waals surface area contributed by atoms with E-state index in [9.17, 15) is 4.79 Å². The molecule has 30 heavy (non-hydrogen) atoms. The Bertz CT molecular complexity index is 834. The number of methoxy groups -OCH3 is 3. The van der Waals surface area contributed by atoms with E-state index in [4.69, 9.17) is 18.9 Å². The lowest BCUT2D eigenvalue weighted by atomic mass is 10.1. The first kappa shape index (κ1) is 21.7. The molecule has 0 aromatic heterocycles. The van der Waals surface area contributed by atoms with Crippen molar-refractivity contribution in [3.8, 4) is 17.2 Å². The quantitative estimate of drug-likeness (QED) is 0.585. The molecule has 0 saturated carbocycles. The molecule has 1 aliphatic rings. The molecule has 3 rings (SSSR count). The molecule has 0 aliphatic carbocycles. The fraction of sp³-hybridized carbons (Fsp3) is 0.375. The Hall–Kier alpha value is -2.99. The molecule has 6 nitrogen and oxygen atoms in total. The Balaban J connectivity index is 1.79. The van der Waals surface area contributed by atoms with Gasteiger partial charge in [0.05, 0.1) is 27.4 Å². The third kappa shape index (κ3) is 5.54. The second-order valence-electron chi connectivity index (χ2n) is 7.13. The lowest BCUT2D eigenvalue weighted by molar-refractivity contribution is -0.128. The van der Waals surface area contributed by atoms with E-state index in [1.165, 1.54) is 0 Å². The maximum atomic E-state index is 13.0. The number of ether oxygens (including phenoxy) is 4. The van der Waals surface area contributed by atoms with Crippen LogP contribution < -0.4 is 14.2 Å². The van der Waals surface area contributed by atoms with Crippen LogP contribution in [-0.2, 0) is 16.1 Å². The van der Waals surface area contributed by atoms with Crippen molar-refractivity contribution in [2.75, 3.05) is 34.5 Å². The van der Waals surface area contributed by atoms with Gasteiger partial charge in [-0.05, 0) is 42.2 Å². The van der Waals surface area contributed by atoms with Crippen LogP contribution in [-0.4, -0.2) is 51.4 Å². The summed E-state index contributed by atoms with van der Waals surface area (Å²) in [6.07, 6.45) is 5.46. The van der Waals surface area contributed by atoms with Gasteiger partial charge in [0, 0.05) is 25.8 Å². The average Bonchev–Trinajstić information content (AvgIpc) is 3.30. The van der Waals surface area contributed by atoms with Crippen molar-refractivity contribution in [2.45, 2.75) is 25.5 Å². The zero-order valence-electron chi connectivity index (χ0n) is 17.8. The highest BCUT2D eigenvalue weighted by atomic mass is 16.5. The molecule has 0 radical (unpaired) electrons. The minimum Gasteiger partial charge on any atom is -0.493 e. The molecular weight excluding hydrogens is 382 g/mol. The van der Waals surface area contributed by atoms with Crippen LogP contribution in [0.2, 0.25) is 0 Å². The summed E-state index contributed by atoms with van der Waals surface area (Å²) in [7, 11) is 4.70. The maximum absolute atomic E-state index is 13.0. The minimum atomic E-state index is -0.0666. The highest BCUT2D eigenvalue weighted by Crippen LogP contribution is 2.38. The number of carbonyl (C=O) groups excluding carboxylic acids is 1. The molecule has 6 heteroatoms. The summed E-state index contributed by atoms with van der Waals surface area (Å²) in [4.78, 5) is 14.9. The Kier molecular flexibility index (Phi) is 7.74. The molecule has 1 heterocycles. The number of carbonyl (C=O) groups is 1. The number of rotatable bonds is 9. The van der Waals surface area contributed by atoms with E-state index in [0.717, 1.165) is 30.6 Å². The summed E-state index contributed by atoms with van der Waals surface area (Å²) in [5.41, 5.74) is 1.87. The van der Waals surface area contributed by atoms with E-state index in [0.29, 0.717) is 30.3 Å². The molecule has 1 amide bonds. The second kappa shape index (κ2) is 10.7. The van der Waals surface area contributed by atoms with Crippen LogP contribution in [0.15, 0.2) is 48.5 Å². The van der Waals surface area contributed by atoms with Crippen LogP contribution in [0.5, 0.6) is 17.2 Å². The Morgan fingerprint density at radius 2 is 1.80 bits per heavy atom. The predicted molar refractivity (Wildman–Crippen MR) is 116 cm³/mol. The van der Waals surface area contributed by atoms with Gasteiger partial charge in [-0.3, -0.25) is 4.79 Å². The van der Waals surface area contributed by atoms with Crippen molar-refractivity contribution in [1.29, 1.82) is 0 Å². The summed E-state index contributed by atoms with van der Waals surface area (Å²) in [6.45, 7) is 1.88. The van der Waals surface area contributed by atoms with Gasteiger partial charge in [-0.1, -0.05) is 30.3 Å². The van der Waals surface area contributed by atoms with Crippen molar-refractivity contribution >= 4 is 12.0 Å². The van der Waals surface area contributed by atoms with Crippen LogP contribution in [0.25, 0.3) is 6.08 Å². The van der Waals surface area contributed by atoms with Crippen molar-refractivity contribution < 1.29 is 23.7 Å². The first-order valence-electron chi connectivity index (χ1n) is 10.1. The summed E-state index contributed by atoms with van der Waals surface area (Å²) >= 11 is 0. The van der Waals surface area contributed by atoms with Gasteiger partial charge in [-0.2, -0.15) is 0 Å². The van der Waals surface area contributed by atoms with Crippen LogP contribution in [0.3, 0.4) is 0 Å². The molecule has 2 aromatic rings. The number of hydrogen-bond acceptors (Lipinski definition) is 5. The zero-order valence-corrected chi connectivity index (χ0v) is 17.8. The predicted octanol–water partition coefficient (Wildman–Crippen LogP) is 3.93. The van der Waals surface area contributed by atoms with Gasteiger partial charge in [-0.15, -0.1) is 0 Å². The van der Waals surface area contributed by atoms with Gasteiger partial charge >= 0.3 is 0 Å². The van der Waals surface area contributed by atoms with E-state index in [-0.39, 0.29) is 12.0 Å². The van der Waals surface area contributed by atoms with Gasteiger partial charge in [0.15, 0.2) is 11.5 Å². The van der Waals surface area contributed by atoms with E-state index < -0.39 is 0 Å². The molecule has 160 valence electrons. The second-order valence-corrected chi connectivity index (χ2v) is 7.13. The van der Waals surface area contributed by atoms with Crippen molar-refractivity contribution in [2.24, 2.45) is 0 Å². The fourth-order valence-corrected chi connectivity index (χ4v) is 3.54. The van der Waals surface area contributed by atoms with E-state index in [1.807, 2.05) is 47.4 Å². The zero-order chi connectivity index (χ0) is 21.3. The number of amides is 1. The van der Waals surface area contributed by atoms with Gasteiger partial charge in [0.1, 0.15) is 0 Å². The van der Waals surface area contributed by atoms with E-state index in [1.54, 1.807) is 33.5 Å². The largest absolute Gasteiger partial charge is 0.493 e. The molecule has 1 unspecified atom stereocenters. The smallest absolute Gasteiger partial charge is 0.246 e. The number of hydrogen-bond donors (Lipinski definition) is 0. The molecule has 0 bridgehead atoms. The number of nitrogens with zero attached hydrogens (tertiary/aromatic N) is 1. The summed E-state index contributed by atoms with van der Waals surface area (Å²) in [6, 6.07) is 13.6. The van der Waals surface area contributed by atoms with Crippen molar-refractivity contribution in [1.82, 2.24) is 4.90 Å². The van der Waals surface area contributed by atoms with Gasteiger partial charge < -0.3 is 23.8 Å². The maximum Gasteiger partial charge on any atom is 0.246 e. The third-order valence-electron chi connectivity index (χ3n) is 5.08. The highest BCUT2D eigenvalue weighted by Gasteiger charge is 2.22. The third-order valence-corrected chi connectivity index (χ3v) is 5.08. The molecule has 0 N–H and O–H groups in total. The highest BCUT2D eigenvalue weighted by molar-refractivity contribution is 5.92. The van der Waals surface area contributed by atoms with Crippen molar-refractivity contribution in [3.05, 3.63) is 59.7 Å². The Morgan fingerprint density at radius 3 is 2.37 bits per heavy atom. The summed E-state index contributed by atoms with van der Waals surface area (Å²) in [5.74, 6) is 1.55. The van der Waals surface area contributed by atoms with Crippen LogP contribution in [0.4, 0.5) is 0 Å². The molecule has 1 atom stereocenters. The first-order chi connectivity index (χ1) is 14.6. The molecule has 2 aromatic carbocycles. The molecule has 0 spiro atoms. The Morgan fingerprint density at radius 1 is 1.10 bits per heavy atom. The lowest BCUT2D eigenvalue weighted by Crippen LogP contribution is -2.35. The Labute approximate surface area is 178 Å². The number of benzene rings is 2. The molecule has 1 aliphatic heterocycles. The van der Waals surface area contributed by atoms with Crippen molar-refractivity contribution in [3.63, 3.8) is 0 Å². The van der Waals surface area contributed by atoms with Crippen LogP contribution in [0, 0.1) is 0 Å². The van der Waals surface area contributed by atoms with Gasteiger partial charge in [0.25, 0.3) is 0 Å². The lowest BCUT2D eigenvalue weighted by Gasteiger charge is -2.24. The minimum absolute atomic E-state index is 0.0666. The summed E-state index contributed by atoms with van der Waals surface area (Å²) in [5, 5.41) is 0. The average molecular weight is 411 g/mol. The molecule has 1 saturated heterocycles. The monoisotopic (exact) mass is 411 g/mol. The van der Waals surface area contributed by atoms with E-state index >= 15 is 0 Å². The van der Waals surface area contributed by atoms with E-state index in [2.05, 4.69) is 0 Å². The van der Waals surface area contributed by atoms with Crippen LogP contribution in [0.1, 0.15) is 24.0 Å².